The first kappa shape index (κ1) is 17.9. The summed E-state index contributed by atoms with van der Waals surface area (Å²) >= 11 is 1.55. The van der Waals surface area contributed by atoms with Crippen LogP contribution < -0.4 is 9.64 Å². The van der Waals surface area contributed by atoms with E-state index < -0.39 is 11.7 Å². The van der Waals surface area contributed by atoms with Crippen LogP contribution in [0, 0.1) is 0 Å². The molecule has 1 aliphatic heterocycles. The maximum atomic E-state index is 13.6. The molecule has 0 saturated carbocycles. The van der Waals surface area contributed by atoms with E-state index in [4.69, 9.17) is 9.15 Å². The van der Waals surface area contributed by atoms with Gasteiger partial charge in [0.25, 0.3) is 0 Å². The Morgan fingerprint density at radius 2 is 2.15 bits per heavy atom. The third-order valence-corrected chi connectivity index (χ3v) is 4.91. The first-order chi connectivity index (χ1) is 13.0. The van der Waals surface area contributed by atoms with Gasteiger partial charge in [0, 0.05) is 29.3 Å². The normalized spacial score (nSPS) is 14.0. The molecule has 1 aliphatic rings. The fourth-order valence-electron chi connectivity index (χ4n) is 3.12. The van der Waals surface area contributed by atoms with Crippen LogP contribution in [0.2, 0.25) is 0 Å². The van der Waals surface area contributed by atoms with Crippen molar-refractivity contribution in [1.29, 1.82) is 0 Å². The summed E-state index contributed by atoms with van der Waals surface area (Å²) in [5.74, 6) is 0.646. The second kappa shape index (κ2) is 6.91. The lowest BCUT2D eigenvalue weighted by atomic mass is 10.0. The van der Waals surface area contributed by atoms with Crippen molar-refractivity contribution in [1.82, 2.24) is 15.2 Å². The lowest BCUT2D eigenvalue weighted by Crippen LogP contribution is -2.14. The van der Waals surface area contributed by atoms with E-state index in [1.54, 1.807) is 22.7 Å². The van der Waals surface area contributed by atoms with E-state index in [-0.39, 0.29) is 11.3 Å². The van der Waals surface area contributed by atoms with Crippen LogP contribution in [0.1, 0.15) is 16.7 Å². The molecule has 0 bridgehead atoms. The first-order valence-electron chi connectivity index (χ1n) is 8.13. The standard InChI is InChI=1S/C17H15F3N4O2S/c1-27-5-4-25-14-6-13(17(18,19)20)11-3-2-10-7-24(16-23-21-9-26-16)8-12(10)15(11)22-14/h2-3,6,9H,4-5,7-8H2,1H3. The maximum Gasteiger partial charge on any atom is 0.417 e. The molecule has 0 fully saturated rings. The number of ether oxygens (including phenoxy) is 1. The van der Waals surface area contributed by atoms with E-state index in [0.717, 1.165) is 11.6 Å². The molecule has 0 spiro atoms. The summed E-state index contributed by atoms with van der Waals surface area (Å²) in [5.41, 5.74) is 1.14. The second-order valence-electron chi connectivity index (χ2n) is 6.02. The van der Waals surface area contributed by atoms with Crippen LogP contribution in [0.15, 0.2) is 29.0 Å². The maximum absolute atomic E-state index is 13.6. The number of nitrogens with zero attached hydrogens (tertiary/aromatic N) is 4. The molecule has 142 valence electrons. The van der Waals surface area contributed by atoms with Crippen molar-refractivity contribution in [2.45, 2.75) is 19.3 Å². The van der Waals surface area contributed by atoms with Crippen LogP contribution in [0.25, 0.3) is 10.9 Å². The highest BCUT2D eigenvalue weighted by molar-refractivity contribution is 7.98. The van der Waals surface area contributed by atoms with Gasteiger partial charge >= 0.3 is 12.2 Å². The Hall–Kier alpha value is -2.49. The smallest absolute Gasteiger partial charge is 0.417 e. The van der Waals surface area contributed by atoms with E-state index in [9.17, 15) is 13.2 Å². The highest BCUT2D eigenvalue weighted by atomic mass is 32.2. The zero-order valence-corrected chi connectivity index (χ0v) is 15.1. The number of thioether (sulfide) groups is 1. The van der Waals surface area contributed by atoms with Gasteiger partial charge in [-0.1, -0.05) is 17.2 Å². The highest BCUT2D eigenvalue weighted by Gasteiger charge is 2.35. The predicted molar refractivity (Wildman–Crippen MR) is 94.8 cm³/mol. The van der Waals surface area contributed by atoms with Crippen LogP contribution >= 0.6 is 11.8 Å². The van der Waals surface area contributed by atoms with Gasteiger partial charge in [0.2, 0.25) is 12.3 Å². The Balaban J connectivity index is 1.80. The summed E-state index contributed by atoms with van der Waals surface area (Å²) in [6, 6.07) is 4.45. The van der Waals surface area contributed by atoms with Crippen molar-refractivity contribution in [3.8, 4) is 5.88 Å². The minimum atomic E-state index is -4.50. The summed E-state index contributed by atoms with van der Waals surface area (Å²) in [6.45, 7) is 1.10. The lowest BCUT2D eigenvalue weighted by Gasteiger charge is -2.15. The van der Waals surface area contributed by atoms with E-state index in [0.29, 0.717) is 42.5 Å². The van der Waals surface area contributed by atoms with Crippen LogP contribution in [-0.2, 0) is 19.3 Å². The summed E-state index contributed by atoms with van der Waals surface area (Å²) in [7, 11) is 0. The monoisotopic (exact) mass is 396 g/mol. The average molecular weight is 396 g/mol. The SMILES string of the molecule is CSCCOc1cc(C(F)(F)F)c2ccc3c(c2n1)CN(c1nnco1)C3. The molecule has 0 atom stereocenters. The molecule has 0 saturated heterocycles. The molecule has 0 radical (unpaired) electrons. The topological polar surface area (TPSA) is 64.3 Å². The quantitative estimate of drug-likeness (QED) is 0.606. The fourth-order valence-corrected chi connectivity index (χ4v) is 3.37. The van der Waals surface area contributed by atoms with Crippen molar-refractivity contribution in [2.24, 2.45) is 0 Å². The summed E-state index contributed by atoms with van der Waals surface area (Å²) in [6.07, 6.45) is -1.39. The number of halogens is 3. The summed E-state index contributed by atoms with van der Waals surface area (Å²) in [4.78, 5) is 6.18. The molecular weight excluding hydrogens is 381 g/mol. The van der Waals surface area contributed by atoms with Crippen molar-refractivity contribution >= 4 is 28.7 Å². The average Bonchev–Trinajstić information content (AvgIpc) is 3.29. The van der Waals surface area contributed by atoms with E-state index in [1.165, 1.54) is 12.5 Å². The minimum absolute atomic E-state index is 0.0199. The molecule has 27 heavy (non-hydrogen) atoms. The number of anilines is 1. The predicted octanol–water partition coefficient (Wildman–Crippen LogP) is 3.90. The minimum Gasteiger partial charge on any atom is -0.477 e. The van der Waals surface area contributed by atoms with E-state index in [2.05, 4.69) is 15.2 Å². The van der Waals surface area contributed by atoms with Gasteiger partial charge in [-0.3, -0.25) is 0 Å². The molecule has 4 rings (SSSR count). The van der Waals surface area contributed by atoms with Gasteiger partial charge in [0.1, 0.15) is 0 Å². The van der Waals surface area contributed by atoms with Gasteiger partial charge in [0.15, 0.2) is 0 Å². The van der Waals surface area contributed by atoms with Gasteiger partial charge in [-0.25, -0.2) is 4.98 Å². The Morgan fingerprint density at radius 3 is 2.85 bits per heavy atom. The third-order valence-electron chi connectivity index (χ3n) is 4.33. The van der Waals surface area contributed by atoms with Gasteiger partial charge in [-0.15, -0.1) is 5.10 Å². The first-order valence-corrected chi connectivity index (χ1v) is 9.52. The van der Waals surface area contributed by atoms with Crippen LogP contribution in [0.3, 0.4) is 0 Å². The fraction of sp³-hybridized carbons (Fsp3) is 0.353. The molecule has 10 heteroatoms. The van der Waals surface area contributed by atoms with Crippen molar-refractivity contribution in [3.63, 3.8) is 0 Å². The molecule has 1 aromatic carbocycles. The Labute approximate surface area is 156 Å². The Morgan fingerprint density at radius 1 is 1.30 bits per heavy atom. The summed E-state index contributed by atoms with van der Waals surface area (Å²) in [5, 5.41) is 7.58. The molecule has 3 heterocycles. The van der Waals surface area contributed by atoms with E-state index in [1.807, 2.05) is 6.26 Å². The largest absolute Gasteiger partial charge is 0.477 e. The molecular formula is C17H15F3N4O2S. The second-order valence-corrected chi connectivity index (χ2v) is 7.01. The van der Waals surface area contributed by atoms with Gasteiger partial charge in [-0.2, -0.15) is 24.9 Å². The van der Waals surface area contributed by atoms with Crippen molar-refractivity contribution < 1.29 is 22.3 Å². The molecule has 0 aliphatic carbocycles. The third kappa shape index (κ3) is 3.41. The van der Waals surface area contributed by atoms with E-state index >= 15 is 0 Å². The number of fused-ring (bicyclic) bond motifs is 3. The molecule has 2 aromatic heterocycles. The number of pyridine rings is 1. The van der Waals surface area contributed by atoms with Gasteiger partial charge < -0.3 is 14.1 Å². The Kier molecular flexibility index (Phi) is 4.58. The van der Waals surface area contributed by atoms with Crippen LogP contribution in [-0.4, -0.2) is 33.8 Å². The molecule has 3 aromatic rings. The lowest BCUT2D eigenvalue weighted by molar-refractivity contribution is -0.136. The number of hydrogen-bond acceptors (Lipinski definition) is 7. The zero-order chi connectivity index (χ0) is 19.0. The summed E-state index contributed by atoms with van der Waals surface area (Å²) < 4.78 is 51.5. The Bertz CT molecular complexity index is 963. The molecule has 0 amide bonds. The number of rotatable bonds is 5. The van der Waals surface area contributed by atoms with Gasteiger partial charge in [0.05, 0.1) is 24.2 Å². The van der Waals surface area contributed by atoms with Crippen molar-refractivity contribution in [2.75, 3.05) is 23.5 Å². The van der Waals surface area contributed by atoms with Crippen molar-refractivity contribution in [3.05, 3.63) is 41.3 Å². The number of hydrogen-bond donors (Lipinski definition) is 0. The number of alkyl halides is 3. The molecule has 0 N–H and O–H groups in total. The number of aromatic nitrogens is 3. The van der Waals surface area contributed by atoms with Gasteiger partial charge in [-0.05, 0) is 11.8 Å². The molecule has 6 nitrogen and oxygen atoms in total. The van der Waals surface area contributed by atoms with Crippen LogP contribution in [0.4, 0.5) is 19.2 Å². The number of benzene rings is 1. The molecule has 0 unspecified atom stereocenters. The highest BCUT2D eigenvalue weighted by Crippen LogP contribution is 2.40. The zero-order valence-electron chi connectivity index (χ0n) is 14.3. The van der Waals surface area contributed by atoms with Crippen LogP contribution in [0.5, 0.6) is 5.88 Å².